The number of rotatable bonds is 6. The van der Waals surface area contributed by atoms with Gasteiger partial charge < -0.3 is 5.11 Å². The number of aromatic nitrogens is 1. The van der Waals surface area contributed by atoms with E-state index in [1.165, 1.54) is 18.5 Å². The zero-order valence-electron chi connectivity index (χ0n) is 9.46. The Morgan fingerprint density at radius 1 is 1.47 bits per heavy atom. The Labute approximate surface area is 101 Å². The minimum absolute atomic E-state index is 0.0238. The van der Waals surface area contributed by atoms with Crippen molar-refractivity contribution in [1.82, 2.24) is 9.71 Å². The van der Waals surface area contributed by atoms with Gasteiger partial charge in [-0.25, -0.2) is 13.1 Å². The maximum absolute atomic E-state index is 11.9. The number of aliphatic hydroxyl groups is 1. The van der Waals surface area contributed by atoms with Crippen molar-refractivity contribution >= 4 is 10.0 Å². The Bertz CT molecular complexity index is 469. The molecule has 1 saturated carbocycles. The lowest BCUT2D eigenvalue weighted by atomic mass is 10.0. The van der Waals surface area contributed by atoms with Gasteiger partial charge in [-0.05, 0) is 36.8 Å². The van der Waals surface area contributed by atoms with Crippen molar-refractivity contribution in [3.05, 3.63) is 24.5 Å². The molecular weight excluding hydrogens is 240 g/mol. The molecule has 1 aliphatic rings. The Hall–Kier alpha value is -0.980. The van der Waals surface area contributed by atoms with Crippen LogP contribution in [0.4, 0.5) is 0 Å². The summed E-state index contributed by atoms with van der Waals surface area (Å²) in [5.74, 6) is 0. The molecule has 0 aliphatic heterocycles. The summed E-state index contributed by atoms with van der Waals surface area (Å²) in [5.41, 5.74) is -0.0238. The van der Waals surface area contributed by atoms with Crippen molar-refractivity contribution in [2.45, 2.75) is 24.2 Å². The van der Waals surface area contributed by atoms with E-state index in [9.17, 15) is 8.42 Å². The molecule has 2 N–H and O–H groups in total. The van der Waals surface area contributed by atoms with Gasteiger partial charge in [-0.2, -0.15) is 0 Å². The van der Waals surface area contributed by atoms with E-state index in [1.807, 2.05) is 0 Å². The molecule has 5 nitrogen and oxygen atoms in total. The summed E-state index contributed by atoms with van der Waals surface area (Å²) in [6.07, 6.45) is 5.47. The lowest BCUT2D eigenvalue weighted by Crippen LogP contribution is -2.30. The first-order valence-electron chi connectivity index (χ1n) is 5.59. The summed E-state index contributed by atoms with van der Waals surface area (Å²) in [4.78, 5) is 3.97. The Morgan fingerprint density at radius 3 is 2.76 bits per heavy atom. The molecule has 1 fully saturated rings. The van der Waals surface area contributed by atoms with Crippen molar-refractivity contribution in [3.8, 4) is 0 Å². The highest BCUT2D eigenvalue weighted by molar-refractivity contribution is 7.89. The molecule has 0 bridgehead atoms. The van der Waals surface area contributed by atoms with Crippen LogP contribution in [0.5, 0.6) is 0 Å². The third-order valence-electron chi connectivity index (χ3n) is 3.18. The van der Waals surface area contributed by atoms with E-state index in [4.69, 9.17) is 5.11 Å². The Morgan fingerprint density at radius 2 is 2.24 bits per heavy atom. The van der Waals surface area contributed by atoms with Crippen LogP contribution < -0.4 is 4.72 Å². The van der Waals surface area contributed by atoms with E-state index in [0.29, 0.717) is 13.0 Å². The maximum Gasteiger partial charge on any atom is 0.242 e. The number of sulfonamides is 1. The van der Waals surface area contributed by atoms with Gasteiger partial charge in [-0.15, -0.1) is 0 Å². The molecule has 0 atom stereocenters. The van der Waals surface area contributed by atoms with Gasteiger partial charge in [0.05, 0.1) is 0 Å². The van der Waals surface area contributed by atoms with Gasteiger partial charge in [0.1, 0.15) is 4.90 Å². The molecule has 0 unspecified atom stereocenters. The van der Waals surface area contributed by atoms with E-state index in [-0.39, 0.29) is 16.9 Å². The Balaban J connectivity index is 2.00. The van der Waals surface area contributed by atoms with E-state index >= 15 is 0 Å². The molecule has 94 valence electrons. The fourth-order valence-corrected chi connectivity index (χ4v) is 2.89. The second-order valence-electron chi connectivity index (χ2n) is 4.49. The van der Waals surface area contributed by atoms with Crippen LogP contribution in [-0.4, -0.2) is 31.7 Å². The van der Waals surface area contributed by atoms with Gasteiger partial charge in [-0.3, -0.25) is 4.98 Å². The molecule has 6 heteroatoms. The highest BCUT2D eigenvalue weighted by Crippen LogP contribution is 2.48. The molecule has 2 rings (SSSR count). The molecule has 1 aromatic rings. The minimum Gasteiger partial charge on any atom is -0.396 e. The van der Waals surface area contributed by atoms with Gasteiger partial charge in [0, 0.05) is 25.5 Å². The second-order valence-corrected chi connectivity index (χ2v) is 6.25. The van der Waals surface area contributed by atoms with Gasteiger partial charge >= 0.3 is 0 Å². The standard InChI is InChI=1S/C11H16N2O3S/c14-7-5-11(3-4-11)9-13-17(15,16)10-2-1-6-12-8-10/h1-2,6,8,13-14H,3-5,7,9H2. The molecule has 0 aromatic carbocycles. The topological polar surface area (TPSA) is 79.3 Å². The first-order valence-corrected chi connectivity index (χ1v) is 7.07. The highest BCUT2D eigenvalue weighted by atomic mass is 32.2. The van der Waals surface area contributed by atoms with E-state index < -0.39 is 10.0 Å². The largest absolute Gasteiger partial charge is 0.396 e. The van der Waals surface area contributed by atoms with Crippen LogP contribution in [0, 0.1) is 5.41 Å². The van der Waals surface area contributed by atoms with Crippen molar-refractivity contribution in [2.24, 2.45) is 5.41 Å². The monoisotopic (exact) mass is 256 g/mol. The maximum atomic E-state index is 11.9. The molecule has 0 spiro atoms. The smallest absolute Gasteiger partial charge is 0.242 e. The third-order valence-corrected chi connectivity index (χ3v) is 4.57. The SMILES string of the molecule is O=S(=O)(NCC1(CCO)CC1)c1cccnc1. The summed E-state index contributed by atoms with van der Waals surface area (Å²) >= 11 is 0. The first kappa shape index (κ1) is 12.5. The molecule has 0 saturated heterocycles. The number of nitrogens with zero attached hydrogens (tertiary/aromatic N) is 1. The highest BCUT2D eigenvalue weighted by Gasteiger charge is 2.42. The van der Waals surface area contributed by atoms with Crippen LogP contribution in [-0.2, 0) is 10.0 Å². The second kappa shape index (κ2) is 4.72. The van der Waals surface area contributed by atoms with Gasteiger partial charge in [-0.1, -0.05) is 0 Å². The molecule has 1 aromatic heterocycles. The van der Waals surface area contributed by atoms with E-state index in [2.05, 4.69) is 9.71 Å². The number of hydrogen-bond acceptors (Lipinski definition) is 4. The van der Waals surface area contributed by atoms with Crippen LogP contribution in [0.3, 0.4) is 0 Å². The predicted molar refractivity (Wildman–Crippen MR) is 62.8 cm³/mol. The van der Waals surface area contributed by atoms with E-state index in [0.717, 1.165) is 12.8 Å². The number of hydrogen-bond donors (Lipinski definition) is 2. The van der Waals surface area contributed by atoms with Crippen LogP contribution in [0.15, 0.2) is 29.4 Å². The molecular formula is C11H16N2O3S. The van der Waals surface area contributed by atoms with E-state index in [1.54, 1.807) is 6.07 Å². The average Bonchev–Trinajstić information content (AvgIpc) is 3.09. The molecule has 17 heavy (non-hydrogen) atoms. The normalized spacial score (nSPS) is 17.9. The quantitative estimate of drug-likeness (QED) is 0.778. The van der Waals surface area contributed by atoms with Crippen molar-refractivity contribution in [3.63, 3.8) is 0 Å². The summed E-state index contributed by atoms with van der Waals surface area (Å²) in [5, 5.41) is 8.90. The number of aliphatic hydroxyl groups excluding tert-OH is 1. The fraction of sp³-hybridized carbons (Fsp3) is 0.545. The van der Waals surface area contributed by atoms with Gasteiger partial charge in [0.15, 0.2) is 0 Å². The van der Waals surface area contributed by atoms with Crippen molar-refractivity contribution in [1.29, 1.82) is 0 Å². The third kappa shape index (κ3) is 3.02. The minimum atomic E-state index is -3.47. The summed E-state index contributed by atoms with van der Waals surface area (Å²) in [6.45, 7) is 0.499. The Kier molecular flexibility index (Phi) is 3.46. The number of pyridine rings is 1. The van der Waals surface area contributed by atoms with Gasteiger partial charge in [0.25, 0.3) is 0 Å². The van der Waals surface area contributed by atoms with Crippen LogP contribution in [0.2, 0.25) is 0 Å². The lowest BCUT2D eigenvalue weighted by Gasteiger charge is -2.14. The zero-order chi connectivity index (χ0) is 12.4. The summed E-state index contributed by atoms with van der Waals surface area (Å²) in [7, 11) is -3.47. The van der Waals surface area contributed by atoms with Crippen molar-refractivity contribution < 1.29 is 13.5 Å². The van der Waals surface area contributed by atoms with Crippen LogP contribution >= 0.6 is 0 Å². The zero-order valence-corrected chi connectivity index (χ0v) is 10.3. The number of nitrogens with one attached hydrogen (secondary N) is 1. The summed E-state index contributed by atoms with van der Waals surface area (Å²) < 4.78 is 26.4. The average molecular weight is 256 g/mol. The van der Waals surface area contributed by atoms with Crippen LogP contribution in [0.25, 0.3) is 0 Å². The first-order chi connectivity index (χ1) is 8.08. The fourth-order valence-electron chi connectivity index (χ4n) is 1.77. The van der Waals surface area contributed by atoms with Gasteiger partial charge in [0.2, 0.25) is 10.0 Å². The lowest BCUT2D eigenvalue weighted by molar-refractivity contribution is 0.249. The predicted octanol–water partition coefficient (Wildman–Crippen LogP) is 0.522. The van der Waals surface area contributed by atoms with Crippen molar-refractivity contribution in [2.75, 3.05) is 13.2 Å². The molecule has 0 amide bonds. The molecule has 1 heterocycles. The molecule has 0 radical (unpaired) electrons. The summed E-state index contributed by atoms with van der Waals surface area (Å²) in [6, 6.07) is 3.11. The van der Waals surface area contributed by atoms with Crippen LogP contribution in [0.1, 0.15) is 19.3 Å². The molecule has 1 aliphatic carbocycles.